The van der Waals surface area contributed by atoms with Gasteiger partial charge in [-0.1, -0.05) is 6.07 Å². The average molecular weight is 190 g/mol. The fraction of sp³-hybridized carbons (Fsp3) is 0.100. The first-order valence-electron chi connectivity index (χ1n) is 4.29. The Morgan fingerprint density at radius 2 is 2.36 bits per heavy atom. The van der Waals surface area contributed by atoms with Gasteiger partial charge in [-0.05, 0) is 12.1 Å². The van der Waals surface area contributed by atoms with Crippen LogP contribution in [0.5, 0.6) is 5.75 Å². The van der Waals surface area contributed by atoms with E-state index in [4.69, 9.17) is 4.74 Å². The lowest BCUT2D eigenvalue weighted by Crippen LogP contribution is -2.13. The van der Waals surface area contributed by atoms with Crippen LogP contribution in [0.1, 0.15) is 0 Å². The van der Waals surface area contributed by atoms with E-state index in [1.807, 2.05) is 0 Å². The predicted octanol–water partition coefficient (Wildman–Crippen LogP) is 2.04. The second-order valence-electron chi connectivity index (χ2n) is 3.11. The van der Waals surface area contributed by atoms with Gasteiger partial charge in [0.1, 0.15) is 17.4 Å². The third-order valence-electron chi connectivity index (χ3n) is 2.27. The summed E-state index contributed by atoms with van der Waals surface area (Å²) < 4.78 is 20.6. The van der Waals surface area contributed by atoms with Crippen molar-refractivity contribution in [2.75, 3.05) is 0 Å². The Kier molecular flexibility index (Phi) is 1.39. The number of nitrogens with zero attached hydrogens (tertiary/aromatic N) is 2. The molecule has 0 saturated carbocycles. The van der Waals surface area contributed by atoms with Crippen LogP contribution in [0.4, 0.5) is 4.39 Å². The van der Waals surface area contributed by atoms with Gasteiger partial charge in [0.15, 0.2) is 6.73 Å². The normalized spacial score (nSPS) is 12.9. The number of rotatable bonds is 0. The van der Waals surface area contributed by atoms with Crippen molar-refractivity contribution >= 4 is 0 Å². The summed E-state index contributed by atoms with van der Waals surface area (Å²) in [5.41, 5.74) is 0.448. The fourth-order valence-electron chi connectivity index (χ4n) is 1.62. The van der Waals surface area contributed by atoms with Crippen molar-refractivity contribution in [1.29, 1.82) is 0 Å². The van der Waals surface area contributed by atoms with Crippen LogP contribution in [0, 0.1) is 5.82 Å². The molecule has 0 fully saturated rings. The number of fused-ring (bicyclic) bond motifs is 3. The van der Waals surface area contributed by atoms with Crippen molar-refractivity contribution in [2.24, 2.45) is 0 Å². The summed E-state index contributed by atoms with van der Waals surface area (Å²) in [5.74, 6) is 0.891. The Balaban J connectivity index is 2.34. The SMILES string of the molecule is Fc1cccc2c1-c1nccn1CO2. The van der Waals surface area contributed by atoms with Gasteiger partial charge in [-0.25, -0.2) is 9.37 Å². The first-order chi connectivity index (χ1) is 6.86. The minimum Gasteiger partial charge on any atom is -0.472 e. The van der Waals surface area contributed by atoms with Crippen molar-refractivity contribution in [3.63, 3.8) is 0 Å². The van der Waals surface area contributed by atoms with E-state index in [9.17, 15) is 4.39 Å². The van der Waals surface area contributed by atoms with Crippen molar-refractivity contribution in [3.8, 4) is 17.1 Å². The van der Waals surface area contributed by atoms with Gasteiger partial charge in [0.2, 0.25) is 0 Å². The molecule has 0 aliphatic carbocycles. The maximum atomic E-state index is 13.5. The van der Waals surface area contributed by atoms with E-state index in [-0.39, 0.29) is 5.82 Å². The summed E-state index contributed by atoms with van der Waals surface area (Å²) in [6.45, 7) is 0.395. The van der Waals surface area contributed by atoms with Crippen LogP contribution in [0.15, 0.2) is 30.6 Å². The molecular weight excluding hydrogens is 183 g/mol. The van der Waals surface area contributed by atoms with Gasteiger partial charge < -0.3 is 4.74 Å². The van der Waals surface area contributed by atoms with Crippen LogP contribution in [-0.2, 0) is 6.73 Å². The minimum atomic E-state index is -0.297. The Morgan fingerprint density at radius 1 is 1.43 bits per heavy atom. The van der Waals surface area contributed by atoms with Gasteiger partial charge >= 0.3 is 0 Å². The van der Waals surface area contributed by atoms with Gasteiger partial charge in [0.25, 0.3) is 0 Å². The summed E-state index contributed by atoms with van der Waals surface area (Å²) in [6, 6.07) is 4.79. The third kappa shape index (κ3) is 0.878. The number of imidazole rings is 1. The molecule has 0 amide bonds. The first-order valence-corrected chi connectivity index (χ1v) is 4.29. The molecule has 2 heterocycles. The summed E-state index contributed by atoms with van der Waals surface area (Å²) in [5, 5.41) is 0. The highest BCUT2D eigenvalue weighted by molar-refractivity contribution is 5.66. The van der Waals surface area contributed by atoms with Crippen LogP contribution in [-0.4, -0.2) is 9.55 Å². The molecule has 70 valence electrons. The average Bonchev–Trinajstić information content (AvgIpc) is 2.65. The molecule has 1 aromatic carbocycles. The molecular formula is C10H7FN2O. The lowest BCUT2D eigenvalue weighted by molar-refractivity contribution is 0.228. The van der Waals surface area contributed by atoms with E-state index in [2.05, 4.69) is 4.98 Å². The number of benzene rings is 1. The van der Waals surface area contributed by atoms with Crippen LogP contribution in [0.2, 0.25) is 0 Å². The number of hydrogen-bond acceptors (Lipinski definition) is 2. The van der Waals surface area contributed by atoms with Gasteiger partial charge in [-0.2, -0.15) is 0 Å². The largest absolute Gasteiger partial charge is 0.472 e. The Labute approximate surface area is 79.8 Å². The Bertz CT molecular complexity index is 493. The number of halogens is 1. The molecule has 0 saturated heterocycles. The second-order valence-corrected chi connectivity index (χ2v) is 3.11. The highest BCUT2D eigenvalue weighted by atomic mass is 19.1. The minimum absolute atomic E-state index is 0.297. The molecule has 1 aromatic heterocycles. The standard InChI is InChI=1S/C10H7FN2O/c11-7-2-1-3-8-9(7)10-12-4-5-13(10)6-14-8/h1-5H,6H2. The summed E-state index contributed by atoms with van der Waals surface area (Å²) in [4.78, 5) is 4.10. The zero-order chi connectivity index (χ0) is 9.54. The van der Waals surface area contributed by atoms with Crippen molar-refractivity contribution in [2.45, 2.75) is 6.73 Å². The molecule has 4 heteroatoms. The van der Waals surface area contributed by atoms with E-state index < -0.39 is 0 Å². The molecule has 3 rings (SSSR count). The fourth-order valence-corrected chi connectivity index (χ4v) is 1.62. The Hall–Kier alpha value is -1.84. The maximum Gasteiger partial charge on any atom is 0.166 e. The molecule has 1 aliphatic rings. The topological polar surface area (TPSA) is 27.1 Å². The first kappa shape index (κ1) is 7.55. The van der Waals surface area contributed by atoms with Crippen LogP contribution < -0.4 is 4.74 Å². The smallest absolute Gasteiger partial charge is 0.166 e. The molecule has 0 bridgehead atoms. The molecule has 0 N–H and O–H groups in total. The number of hydrogen-bond donors (Lipinski definition) is 0. The molecule has 0 spiro atoms. The molecule has 1 aliphatic heterocycles. The summed E-state index contributed by atoms with van der Waals surface area (Å²) >= 11 is 0. The van der Waals surface area contributed by atoms with Crippen LogP contribution in [0.25, 0.3) is 11.4 Å². The van der Waals surface area contributed by atoms with E-state index in [0.717, 1.165) is 0 Å². The molecule has 14 heavy (non-hydrogen) atoms. The van der Waals surface area contributed by atoms with Crippen molar-refractivity contribution < 1.29 is 9.13 Å². The summed E-state index contributed by atoms with van der Waals surface area (Å²) in [6.07, 6.45) is 3.41. The van der Waals surface area contributed by atoms with Crippen LogP contribution in [0.3, 0.4) is 0 Å². The lowest BCUT2D eigenvalue weighted by Gasteiger charge is -2.19. The zero-order valence-electron chi connectivity index (χ0n) is 7.27. The Morgan fingerprint density at radius 3 is 3.29 bits per heavy atom. The molecule has 2 aromatic rings. The maximum absolute atomic E-state index is 13.5. The second kappa shape index (κ2) is 2.57. The van der Waals surface area contributed by atoms with E-state index in [1.54, 1.807) is 29.1 Å². The summed E-state index contributed by atoms with van der Waals surface area (Å²) in [7, 11) is 0. The highest BCUT2D eigenvalue weighted by Gasteiger charge is 2.20. The quantitative estimate of drug-likeness (QED) is 0.635. The molecule has 0 radical (unpaired) electrons. The molecule has 0 atom stereocenters. The van der Waals surface area contributed by atoms with Gasteiger partial charge in [-0.3, -0.25) is 4.57 Å². The number of aromatic nitrogens is 2. The van der Waals surface area contributed by atoms with Crippen molar-refractivity contribution in [3.05, 3.63) is 36.4 Å². The van der Waals surface area contributed by atoms with Crippen LogP contribution >= 0.6 is 0 Å². The van der Waals surface area contributed by atoms with E-state index >= 15 is 0 Å². The molecule has 0 unspecified atom stereocenters. The molecule has 3 nitrogen and oxygen atoms in total. The van der Waals surface area contributed by atoms with E-state index in [0.29, 0.717) is 23.9 Å². The third-order valence-corrected chi connectivity index (χ3v) is 2.27. The lowest BCUT2D eigenvalue weighted by atomic mass is 10.1. The predicted molar refractivity (Wildman–Crippen MR) is 48.2 cm³/mol. The van der Waals surface area contributed by atoms with E-state index in [1.165, 1.54) is 6.07 Å². The monoisotopic (exact) mass is 190 g/mol. The number of ether oxygens (including phenoxy) is 1. The van der Waals surface area contributed by atoms with Gasteiger partial charge in [0.05, 0.1) is 5.56 Å². The zero-order valence-corrected chi connectivity index (χ0v) is 7.27. The van der Waals surface area contributed by atoms with Gasteiger partial charge in [-0.15, -0.1) is 0 Å². The van der Waals surface area contributed by atoms with Crippen molar-refractivity contribution in [1.82, 2.24) is 9.55 Å². The van der Waals surface area contributed by atoms with Gasteiger partial charge in [0, 0.05) is 12.4 Å². The highest BCUT2D eigenvalue weighted by Crippen LogP contribution is 2.34.